The number of aromatic nitrogens is 3. The predicted octanol–water partition coefficient (Wildman–Crippen LogP) is 2.86. The summed E-state index contributed by atoms with van der Waals surface area (Å²) in [5, 5.41) is 4.38. The summed E-state index contributed by atoms with van der Waals surface area (Å²) in [6, 6.07) is 7.71. The zero-order chi connectivity index (χ0) is 14.3. The van der Waals surface area contributed by atoms with E-state index in [0.717, 1.165) is 5.69 Å². The van der Waals surface area contributed by atoms with Gasteiger partial charge in [-0.2, -0.15) is 10.1 Å². The molecule has 0 amide bonds. The molecule has 6 heteroatoms. The van der Waals surface area contributed by atoms with E-state index in [9.17, 15) is 9.18 Å². The molecule has 2 aromatic heterocycles. The fourth-order valence-corrected chi connectivity index (χ4v) is 2.33. The molecule has 0 bridgehead atoms. The monoisotopic (exact) mass is 289 g/mol. The third kappa shape index (κ3) is 1.96. The minimum atomic E-state index is -0.565. The molecule has 0 spiro atoms. The van der Waals surface area contributed by atoms with Crippen LogP contribution in [0.1, 0.15) is 5.69 Å². The second kappa shape index (κ2) is 4.68. The van der Waals surface area contributed by atoms with Gasteiger partial charge in [0.05, 0.1) is 21.8 Å². The van der Waals surface area contributed by atoms with E-state index in [4.69, 9.17) is 11.6 Å². The van der Waals surface area contributed by atoms with Gasteiger partial charge in [0.2, 0.25) is 0 Å². The normalized spacial score (nSPS) is 10.9. The average Bonchev–Trinajstić information content (AvgIpc) is 2.41. The van der Waals surface area contributed by atoms with Gasteiger partial charge < -0.3 is 0 Å². The number of benzene rings is 1. The van der Waals surface area contributed by atoms with E-state index >= 15 is 0 Å². The van der Waals surface area contributed by atoms with Crippen LogP contribution in [0.25, 0.3) is 16.6 Å². The molecule has 0 saturated heterocycles. The summed E-state index contributed by atoms with van der Waals surface area (Å²) in [7, 11) is 0. The van der Waals surface area contributed by atoms with Crippen molar-refractivity contribution in [3.63, 3.8) is 0 Å². The Hall–Kier alpha value is -2.27. The molecular formula is C14H9ClFN3O. The molecule has 100 valence electrons. The molecule has 0 N–H and O–H groups in total. The van der Waals surface area contributed by atoms with Crippen LogP contribution in [0, 0.1) is 12.7 Å². The highest BCUT2D eigenvalue weighted by molar-refractivity contribution is 6.33. The summed E-state index contributed by atoms with van der Waals surface area (Å²) in [5.74, 6) is -0.565. The summed E-state index contributed by atoms with van der Waals surface area (Å²) in [6.45, 7) is 1.81. The lowest BCUT2D eigenvalue weighted by molar-refractivity contribution is 0.631. The second-order valence-electron chi connectivity index (χ2n) is 4.33. The van der Waals surface area contributed by atoms with Gasteiger partial charge in [-0.3, -0.25) is 4.79 Å². The van der Waals surface area contributed by atoms with Crippen LogP contribution in [-0.4, -0.2) is 14.6 Å². The predicted molar refractivity (Wildman–Crippen MR) is 74.4 cm³/mol. The number of nitrogens with zero attached hydrogens (tertiary/aromatic N) is 3. The third-order valence-electron chi connectivity index (χ3n) is 2.96. The largest absolute Gasteiger partial charge is 0.281 e. The molecule has 20 heavy (non-hydrogen) atoms. The lowest BCUT2D eigenvalue weighted by atomic mass is 10.1. The van der Waals surface area contributed by atoms with Gasteiger partial charge in [-0.1, -0.05) is 17.7 Å². The lowest BCUT2D eigenvalue weighted by Crippen LogP contribution is -2.14. The fraction of sp³-hybridized carbons (Fsp3) is 0.0714. The van der Waals surface area contributed by atoms with Gasteiger partial charge >= 0.3 is 0 Å². The van der Waals surface area contributed by atoms with Crippen molar-refractivity contribution in [2.45, 2.75) is 6.92 Å². The Morgan fingerprint density at radius 3 is 2.75 bits per heavy atom. The summed E-state index contributed by atoms with van der Waals surface area (Å²) < 4.78 is 15.5. The van der Waals surface area contributed by atoms with Crippen molar-refractivity contribution in [2.24, 2.45) is 0 Å². The van der Waals surface area contributed by atoms with E-state index in [1.807, 2.05) is 6.92 Å². The summed E-state index contributed by atoms with van der Waals surface area (Å²) in [4.78, 5) is 15.8. The zero-order valence-electron chi connectivity index (χ0n) is 10.5. The molecule has 4 nitrogen and oxygen atoms in total. The van der Waals surface area contributed by atoms with Crippen molar-refractivity contribution in [1.29, 1.82) is 0 Å². The number of rotatable bonds is 1. The summed E-state index contributed by atoms with van der Waals surface area (Å²) >= 11 is 6.03. The van der Waals surface area contributed by atoms with Crippen molar-refractivity contribution in [1.82, 2.24) is 14.6 Å². The Kier molecular flexibility index (Phi) is 2.99. The molecule has 0 aliphatic carbocycles. The highest BCUT2D eigenvalue weighted by atomic mass is 35.5. The van der Waals surface area contributed by atoms with Gasteiger partial charge in [-0.15, -0.1) is 0 Å². The number of fused-ring (bicyclic) bond motifs is 1. The number of halogens is 2. The molecule has 0 unspecified atom stereocenters. The molecular weight excluding hydrogens is 281 g/mol. The Balaban J connectivity index is 2.47. The van der Waals surface area contributed by atoms with Crippen LogP contribution in [-0.2, 0) is 0 Å². The summed E-state index contributed by atoms with van der Waals surface area (Å²) in [5.41, 5.74) is 0.845. The van der Waals surface area contributed by atoms with Crippen molar-refractivity contribution >= 4 is 17.1 Å². The van der Waals surface area contributed by atoms with Crippen molar-refractivity contribution < 1.29 is 4.39 Å². The molecule has 0 saturated carbocycles. The van der Waals surface area contributed by atoms with Crippen molar-refractivity contribution in [2.75, 3.05) is 0 Å². The van der Waals surface area contributed by atoms with Crippen LogP contribution < -0.4 is 5.56 Å². The van der Waals surface area contributed by atoms with E-state index in [1.54, 1.807) is 12.1 Å². The fourth-order valence-electron chi connectivity index (χ4n) is 2.07. The second-order valence-corrected chi connectivity index (χ2v) is 4.73. The van der Waals surface area contributed by atoms with Gasteiger partial charge in [0, 0.05) is 5.56 Å². The number of hydrogen-bond acceptors (Lipinski definition) is 3. The maximum atomic E-state index is 14.0. The highest BCUT2D eigenvalue weighted by Gasteiger charge is 2.17. The topological polar surface area (TPSA) is 47.3 Å². The van der Waals surface area contributed by atoms with Crippen LogP contribution in [0.15, 0.2) is 41.5 Å². The quantitative estimate of drug-likeness (QED) is 0.692. The maximum absolute atomic E-state index is 14.0. The van der Waals surface area contributed by atoms with Crippen LogP contribution in [0.3, 0.4) is 0 Å². The van der Waals surface area contributed by atoms with Crippen molar-refractivity contribution in [3.05, 3.63) is 63.5 Å². The van der Waals surface area contributed by atoms with Crippen LogP contribution in [0.5, 0.6) is 0 Å². The molecule has 3 aromatic rings. The van der Waals surface area contributed by atoms with Gasteiger partial charge in [-0.25, -0.2) is 8.91 Å². The van der Waals surface area contributed by atoms with Gasteiger partial charge in [0.25, 0.3) is 5.56 Å². The molecule has 3 rings (SSSR count). The minimum absolute atomic E-state index is 0.0513. The average molecular weight is 290 g/mol. The van der Waals surface area contributed by atoms with Gasteiger partial charge in [0.1, 0.15) is 12.1 Å². The molecule has 0 atom stereocenters. The first-order valence-corrected chi connectivity index (χ1v) is 6.25. The van der Waals surface area contributed by atoms with E-state index in [1.165, 1.54) is 29.0 Å². The smallest absolute Gasteiger partial charge is 0.267 e. The third-order valence-corrected chi connectivity index (χ3v) is 3.28. The van der Waals surface area contributed by atoms with E-state index in [0.29, 0.717) is 5.52 Å². The standard InChI is InChI=1S/C14H9ClFN3O/c1-8-5-6-11-13(14(20)17-7-19(11)18-8)12-9(15)3-2-4-10(12)16/h2-7H,1H3. The van der Waals surface area contributed by atoms with E-state index in [2.05, 4.69) is 10.1 Å². The Morgan fingerprint density at radius 2 is 2.00 bits per heavy atom. The van der Waals surface area contributed by atoms with E-state index in [-0.39, 0.29) is 16.1 Å². The lowest BCUT2D eigenvalue weighted by Gasteiger charge is -2.09. The highest BCUT2D eigenvalue weighted by Crippen LogP contribution is 2.30. The number of aryl methyl sites for hydroxylation is 1. The molecule has 0 radical (unpaired) electrons. The van der Waals surface area contributed by atoms with Gasteiger partial charge in [-0.05, 0) is 31.2 Å². The maximum Gasteiger partial charge on any atom is 0.281 e. The van der Waals surface area contributed by atoms with E-state index < -0.39 is 11.4 Å². The Labute approximate surface area is 118 Å². The minimum Gasteiger partial charge on any atom is -0.267 e. The molecule has 0 fully saturated rings. The van der Waals surface area contributed by atoms with Crippen molar-refractivity contribution in [3.8, 4) is 11.1 Å². The molecule has 2 heterocycles. The van der Waals surface area contributed by atoms with Gasteiger partial charge in [0.15, 0.2) is 0 Å². The summed E-state index contributed by atoms with van der Waals surface area (Å²) in [6.07, 6.45) is 1.31. The zero-order valence-corrected chi connectivity index (χ0v) is 11.2. The van der Waals surface area contributed by atoms with Crippen LogP contribution in [0.2, 0.25) is 5.02 Å². The SMILES string of the molecule is Cc1ccc2c(-c3c(F)cccc3Cl)c(=O)ncn2n1. The molecule has 0 aliphatic rings. The molecule has 0 aliphatic heterocycles. The number of hydrogen-bond donors (Lipinski definition) is 0. The van der Waals surface area contributed by atoms with Crippen LogP contribution in [0.4, 0.5) is 4.39 Å². The first kappa shape index (κ1) is 12.7. The van der Waals surface area contributed by atoms with Crippen LogP contribution >= 0.6 is 11.6 Å². The first-order valence-electron chi connectivity index (χ1n) is 5.87. The first-order chi connectivity index (χ1) is 9.58. The Morgan fingerprint density at radius 1 is 1.20 bits per heavy atom. The Bertz CT molecular complexity index is 856. The molecule has 1 aromatic carbocycles.